The highest BCUT2D eigenvalue weighted by Gasteiger charge is 2.35. The van der Waals surface area contributed by atoms with Gasteiger partial charge in [0.1, 0.15) is 5.75 Å². The number of carbonyl (C=O) groups is 1. The van der Waals surface area contributed by atoms with E-state index in [0.717, 1.165) is 23.4 Å². The Kier molecular flexibility index (Phi) is 7.76. The van der Waals surface area contributed by atoms with Gasteiger partial charge in [0.05, 0.1) is 34.1 Å². The van der Waals surface area contributed by atoms with E-state index in [0.29, 0.717) is 22.0 Å². The largest absolute Gasteiger partial charge is 0.475 e. The minimum atomic E-state index is -4.40. The lowest BCUT2D eigenvalue weighted by molar-refractivity contribution is -0.158. The van der Waals surface area contributed by atoms with Crippen LogP contribution in [0.1, 0.15) is 44.5 Å². The minimum Gasteiger partial charge on any atom is -0.475 e. The minimum absolute atomic E-state index is 0.234. The highest BCUT2D eigenvalue weighted by Crippen LogP contribution is 2.37. The molecule has 0 amide bonds. The number of ether oxygens (including phenoxy) is 2. The summed E-state index contributed by atoms with van der Waals surface area (Å²) in [6.07, 6.45) is -4.40. The molecule has 0 saturated carbocycles. The van der Waals surface area contributed by atoms with Gasteiger partial charge in [-0.1, -0.05) is 29.8 Å². The maximum atomic E-state index is 12.9. The summed E-state index contributed by atoms with van der Waals surface area (Å²) in [4.78, 5) is 12.2. The summed E-state index contributed by atoms with van der Waals surface area (Å²) >= 11 is 6.54. The van der Waals surface area contributed by atoms with Crippen molar-refractivity contribution in [3.05, 3.63) is 70.4 Å². The van der Waals surface area contributed by atoms with Crippen molar-refractivity contribution in [2.24, 2.45) is 7.05 Å². The molecular formula is C26H29ClF3N3O3. The molecule has 0 saturated heterocycles. The van der Waals surface area contributed by atoms with Crippen molar-refractivity contribution in [3.63, 3.8) is 0 Å². The van der Waals surface area contributed by atoms with Crippen LogP contribution in [0.15, 0.2) is 48.5 Å². The Morgan fingerprint density at radius 1 is 1.06 bits per heavy atom. The summed E-state index contributed by atoms with van der Waals surface area (Å²) in [6, 6.07) is 11.9. The Morgan fingerprint density at radius 2 is 1.67 bits per heavy atom. The van der Waals surface area contributed by atoms with E-state index in [1.54, 1.807) is 51.7 Å². The molecule has 1 unspecified atom stereocenters. The van der Waals surface area contributed by atoms with E-state index in [1.807, 2.05) is 19.1 Å². The van der Waals surface area contributed by atoms with Crippen molar-refractivity contribution in [2.75, 3.05) is 13.7 Å². The normalized spacial score (nSPS) is 13.8. The van der Waals surface area contributed by atoms with E-state index in [9.17, 15) is 18.0 Å². The average Bonchev–Trinajstić information content (AvgIpc) is 3.21. The first kappa shape index (κ1) is 27.5. The van der Waals surface area contributed by atoms with Crippen molar-refractivity contribution < 1.29 is 27.4 Å². The molecule has 0 radical (unpaired) electrons. The molecule has 0 fully saturated rings. The van der Waals surface area contributed by atoms with Gasteiger partial charge in [-0.25, -0.2) is 4.79 Å². The van der Waals surface area contributed by atoms with Gasteiger partial charge in [-0.15, -0.1) is 0 Å². The second-order valence-corrected chi connectivity index (χ2v) is 9.37. The van der Waals surface area contributed by atoms with Gasteiger partial charge in [0.2, 0.25) is 0 Å². The highest BCUT2D eigenvalue weighted by atomic mass is 35.5. The number of hydrogen-bond donors (Lipinski definition) is 1. The van der Waals surface area contributed by atoms with Crippen LogP contribution in [0.3, 0.4) is 0 Å². The average molecular weight is 524 g/mol. The molecule has 0 aliphatic heterocycles. The SMILES string of the molecule is CCOC(=O)C(C)(C)Oc1ccc(C(C)(NC)c2cc(-c3ccc(C(F)(F)F)cc3)nn2C)cc1Cl. The molecule has 1 heterocycles. The molecule has 194 valence electrons. The van der Waals surface area contributed by atoms with Crippen molar-refractivity contribution in [1.82, 2.24) is 15.1 Å². The first-order chi connectivity index (χ1) is 16.7. The van der Waals surface area contributed by atoms with Gasteiger partial charge >= 0.3 is 12.1 Å². The highest BCUT2D eigenvalue weighted by molar-refractivity contribution is 6.32. The fourth-order valence-corrected chi connectivity index (χ4v) is 4.06. The molecule has 10 heteroatoms. The van der Waals surface area contributed by atoms with Gasteiger partial charge in [-0.3, -0.25) is 4.68 Å². The van der Waals surface area contributed by atoms with Crippen LogP contribution in [-0.4, -0.2) is 35.0 Å². The van der Waals surface area contributed by atoms with Gasteiger partial charge in [-0.2, -0.15) is 18.3 Å². The monoisotopic (exact) mass is 523 g/mol. The van der Waals surface area contributed by atoms with E-state index >= 15 is 0 Å². The summed E-state index contributed by atoms with van der Waals surface area (Å²) < 4.78 is 51.4. The number of nitrogens with zero attached hydrogens (tertiary/aromatic N) is 2. The zero-order valence-electron chi connectivity index (χ0n) is 21.0. The summed E-state index contributed by atoms with van der Waals surface area (Å²) in [7, 11) is 3.55. The van der Waals surface area contributed by atoms with E-state index in [4.69, 9.17) is 21.1 Å². The standard InChI is InChI=1S/C26H29ClF3N3O3/c1-7-35-23(34)24(2,3)36-21-13-12-18(14-19(21)27)25(4,31-5)22-15-20(32-33(22)6)16-8-10-17(11-9-16)26(28,29)30/h8-15,31H,7H2,1-6H3. The summed E-state index contributed by atoms with van der Waals surface area (Å²) in [6.45, 7) is 7.10. The molecule has 3 rings (SSSR count). The van der Waals surface area contributed by atoms with Crippen molar-refractivity contribution in [3.8, 4) is 17.0 Å². The quantitative estimate of drug-likeness (QED) is 0.369. The fourth-order valence-electron chi connectivity index (χ4n) is 3.84. The third-order valence-corrected chi connectivity index (χ3v) is 6.34. The van der Waals surface area contributed by atoms with Crippen LogP contribution < -0.4 is 10.1 Å². The van der Waals surface area contributed by atoms with Crippen LogP contribution in [0.4, 0.5) is 13.2 Å². The van der Waals surface area contributed by atoms with Gasteiger partial charge < -0.3 is 14.8 Å². The maximum Gasteiger partial charge on any atom is 0.416 e. The zero-order chi connectivity index (χ0) is 26.9. The number of benzene rings is 2. The lowest BCUT2D eigenvalue weighted by atomic mass is 9.88. The molecule has 0 spiro atoms. The molecule has 1 aromatic heterocycles. The number of esters is 1. The number of aromatic nitrogens is 2. The zero-order valence-corrected chi connectivity index (χ0v) is 21.7. The van der Waals surface area contributed by atoms with Crippen LogP contribution in [0.25, 0.3) is 11.3 Å². The molecule has 3 aromatic rings. The Morgan fingerprint density at radius 3 is 2.19 bits per heavy atom. The number of alkyl halides is 3. The van der Waals surface area contributed by atoms with Gasteiger partial charge in [0.25, 0.3) is 0 Å². The molecule has 36 heavy (non-hydrogen) atoms. The Labute approximate surface area is 213 Å². The van der Waals surface area contributed by atoms with Crippen LogP contribution in [0, 0.1) is 0 Å². The van der Waals surface area contributed by atoms with Gasteiger partial charge in [0.15, 0.2) is 5.60 Å². The Bertz CT molecular complexity index is 1240. The third kappa shape index (κ3) is 5.52. The summed E-state index contributed by atoms with van der Waals surface area (Å²) in [5, 5.41) is 8.12. The van der Waals surface area contributed by atoms with Gasteiger partial charge in [0, 0.05) is 12.6 Å². The Balaban J connectivity index is 1.94. The first-order valence-corrected chi connectivity index (χ1v) is 11.7. The summed E-state index contributed by atoms with van der Waals surface area (Å²) in [5.74, 6) is -0.178. The number of hydrogen-bond acceptors (Lipinski definition) is 5. The number of nitrogens with one attached hydrogen (secondary N) is 1. The molecule has 1 atom stereocenters. The fraction of sp³-hybridized carbons (Fsp3) is 0.385. The first-order valence-electron chi connectivity index (χ1n) is 11.3. The molecule has 0 aliphatic rings. The number of rotatable bonds is 8. The molecule has 2 aromatic carbocycles. The lowest BCUT2D eigenvalue weighted by Crippen LogP contribution is -2.40. The van der Waals surface area contributed by atoms with Crippen molar-refractivity contribution in [1.29, 1.82) is 0 Å². The second-order valence-electron chi connectivity index (χ2n) is 8.97. The van der Waals surface area contributed by atoms with E-state index < -0.39 is 28.8 Å². The predicted octanol–water partition coefficient (Wildman–Crippen LogP) is 5.96. The van der Waals surface area contributed by atoms with Gasteiger partial charge in [-0.05, 0) is 70.6 Å². The molecule has 6 nitrogen and oxygen atoms in total. The third-order valence-electron chi connectivity index (χ3n) is 6.04. The van der Waals surface area contributed by atoms with Crippen molar-refractivity contribution >= 4 is 17.6 Å². The molecule has 0 aliphatic carbocycles. The Hall–Kier alpha value is -3.04. The van der Waals surface area contributed by atoms with Crippen molar-refractivity contribution in [2.45, 2.75) is 45.0 Å². The number of aryl methyl sites for hydroxylation is 1. The smallest absolute Gasteiger partial charge is 0.416 e. The number of carbonyl (C=O) groups excluding carboxylic acids is 1. The molecular weight excluding hydrogens is 495 g/mol. The van der Waals surface area contributed by atoms with E-state index in [-0.39, 0.29) is 6.61 Å². The second kappa shape index (κ2) is 10.1. The van der Waals surface area contributed by atoms with E-state index in [1.165, 1.54) is 12.1 Å². The van der Waals surface area contributed by atoms with Crippen LogP contribution in [-0.2, 0) is 28.3 Å². The summed E-state index contributed by atoms with van der Waals surface area (Å²) in [5.41, 5.74) is -0.0619. The number of halogens is 4. The lowest BCUT2D eigenvalue weighted by Gasteiger charge is -2.31. The predicted molar refractivity (Wildman–Crippen MR) is 132 cm³/mol. The molecule has 1 N–H and O–H groups in total. The molecule has 0 bridgehead atoms. The van der Waals surface area contributed by atoms with Crippen LogP contribution in [0.2, 0.25) is 5.02 Å². The topological polar surface area (TPSA) is 65.4 Å². The van der Waals surface area contributed by atoms with Crippen LogP contribution >= 0.6 is 11.6 Å². The van der Waals surface area contributed by atoms with E-state index in [2.05, 4.69) is 10.4 Å². The maximum absolute atomic E-state index is 12.9. The van der Waals surface area contributed by atoms with Crippen LogP contribution in [0.5, 0.6) is 5.75 Å².